The van der Waals surface area contributed by atoms with Gasteiger partial charge in [0.15, 0.2) is 0 Å². The number of primary amides is 1. The molecule has 0 spiro atoms. The number of nitrogens with two attached hydrogens (primary N) is 2. The van der Waals surface area contributed by atoms with Crippen LogP contribution in [0.2, 0.25) is 0 Å². The summed E-state index contributed by atoms with van der Waals surface area (Å²) >= 11 is 0. The number of likely N-dealkylation sites (tertiary alicyclic amines) is 2. The maximum Gasteiger partial charge on any atom is 0.246 e. The molecule has 2 rings (SSSR count). The minimum atomic E-state index is -1.75. The van der Waals surface area contributed by atoms with E-state index in [4.69, 9.17) is 11.5 Å². The Balaban J connectivity index is 2.20. The van der Waals surface area contributed by atoms with Gasteiger partial charge in [-0.15, -0.1) is 0 Å². The first-order valence-corrected chi connectivity index (χ1v) is 25.9. The van der Waals surface area contributed by atoms with Gasteiger partial charge in [0.2, 0.25) is 53.2 Å². The number of carbonyl (C=O) groups is 9. The zero-order valence-corrected chi connectivity index (χ0v) is 44.5. The smallest absolute Gasteiger partial charge is 0.246 e. The number of nitrogens with zero attached hydrogens (tertiary/aromatic N) is 2. The van der Waals surface area contributed by atoms with E-state index in [1.54, 1.807) is 20.8 Å². The van der Waals surface area contributed by atoms with E-state index in [-0.39, 0.29) is 75.5 Å². The molecule has 0 bridgehead atoms. The number of hydrogen-bond donors (Lipinski definition) is 10. The number of amides is 9. The van der Waals surface area contributed by atoms with E-state index >= 15 is 0 Å². The van der Waals surface area contributed by atoms with Crippen LogP contribution in [0.4, 0.5) is 0 Å². The molecule has 0 aromatic rings. The van der Waals surface area contributed by atoms with Crippen LogP contribution < -0.4 is 43.4 Å². The maximum atomic E-state index is 14.1. The van der Waals surface area contributed by atoms with Gasteiger partial charge in [-0.25, -0.2) is 0 Å². The first-order chi connectivity index (χ1) is 33.1. The van der Waals surface area contributed by atoms with Crippen molar-refractivity contribution in [3.8, 4) is 0 Å². The Kier molecular flexibility index (Phi) is 25.4. The highest BCUT2D eigenvalue weighted by molar-refractivity contribution is 5.99. The van der Waals surface area contributed by atoms with Crippen LogP contribution in [-0.2, 0) is 43.2 Å². The first-order valence-electron chi connectivity index (χ1n) is 25.9. The normalized spacial score (nSPS) is 20.4. The summed E-state index contributed by atoms with van der Waals surface area (Å²) in [7, 11) is 0. The maximum absolute atomic E-state index is 14.1. The van der Waals surface area contributed by atoms with Gasteiger partial charge >= 0.3 is 0 Å². The lowest BCUT2D eigenvalue weighted by Gasteiger charge is -2.34. The molecular weight excluding hydrogens is 917 g/mol. The van der Waals surface area contributed by atoms with Crippen LogP contribution in [0.15, 0.2) is 0 Å². The fraction of sp³-hybridized carbons (Fsp3) is 0.820. The third-order valence-corrected chi connectivity index (χ3v) is 13.5. The van der Waals surface area contributed by atoms with Crippen molar-refractivity contribution >= 4 is 53.2 Å². The fourth-order valence-electron chi connectivity index (χ4n) is 8.87. The average Bonchev–Trinajstić information content (AvgIpc) is 3.88. The summed E-state index contributed by atoms with van der Waals surface area (Å²) in [6.07, 6.45) is 5.61. The second-order valence-electron chi connectivity index (χ2n) is 21.6. The van der Waals surface area contributed by atoms with Gasteiger partial charge in [0.05, 0.1) is 12.2 Å². The molecule has 0 saturated carbocycles. The monoisotopic (exact) mass is 1010 g/mol. The molecule has 21 heteroatoms. The molecule has 2 aliphatic rings. The summed E-state index contributed by atoms with van der Waals surface area (Å²) in [4.78, 5) is 125. The highest BCUT2D eigenvalue weighted by Gasteiger charge is 2.47. The van der Waals surface area contributed by atoms with Crippen LogP contribution in [0.1, 0.15) is 166 Å². The van der Waals surface area contributed by atoms with Gasteiger partial charge in [-0.05, 0) is 64.7 Å². The van der Waals surface area contributed by atoms with Gasteiger partial charge in [-0.3, -0.25) is 43.2 Å². The lowest BCUT2D eigenvalue weighted by Crippen LogP contribution is -2.65. The molecule has 0 aromatic heterocycles. The van der Waals surface area contributed by atoms with Gasteiger partial charge in [-0.2, -0.15) is 0 Å². The van der Waals surface area contributed by atoms with Crippen molar-refractivity contribution in [1.82, 2.24) is 41.7 Å². The highest BCUT2D eigenvalue weighted by atomic mass is 16.3. The van der Waals surface area contributed by atoms with E-state index in [2.05, 4.69) is 38.8 Å². The number of hydrogen-bond acceptors (Lipinski definition) is 12. The molecule has 0 radical (unpaired) electrons. The fourth-order valence-corrected chi connectivity index (χ4v) is 8.87. The molecule has 71 heavy (non-hydrogen) atoms. The minimum absolute atomic E-state index is 0.0250. The molecule has 2 fully saturated rings. The summed E-state index contributed by atoms with van der Waals surface area (Å²) in [5, 5.41) is 37.5. The largest absolute Gasteiger partial charge is 0.391 e. The third-order valence-electron chi connectivity index (χ3n) is 13.5. The molecule has 9 amide bonds. The molecule has 1 unspecified atom stereocenters. The Morgan fingerprint density at radius 3 is 1.72 bits per heavy atom. The Morgan fingerprint density at radius 2 is 1.18 bits per heavy atom. The van der Waals surface area contributed by atoms with Gasteiger partial charge in [-0.1, -0.05) is 93.4 Å². The predicted molar refractivity (Wildman–Crippen MR) is 268 cm³/mol. The zero-order valence-electron chi connectivity index (χ0n) is 44.5. The molecule has 2 aliphatic heterocycles. The van der Waals surface area contributed by atoms with E-state index in [9.17, 15) is 53.4 Å². The quantitative estimate of drug-likeness (QED) is 0.0446. The molecule has 12 N–H and O–H groups in total. The Labute approximate surface area is 421 Å². The SMILES string of the molecule is CCCCCCCCCC(=O)N1C[C@@H](O)C[C@H]1C(=O)N1C[C@@H](O)C[C@H]1C(=O)N[C@H](C(=O)NC(C)(C)C(=O)N[C@@H](CCC(N)=O)C(=O)NC(C)(C)C(=O)N[C@H](C(=O)NC(CN)CC(C)C)[C@@H](C)CC)C(C)C. The molecule has 2 saturated heterocycles. The lowest BCUT2D eigenvalue weighted by molar-refractivity contribution is -0.147. The number of unbranched alkanes of at least 4 members (excludes halogenated alkanes) is 6. The standard InChI is InChI=1S/C50H90N10O11/c1-12-14-15-16-17-18-19-20-39(64)59-27-34(62)25-37(59)46(69)60-28-33(61)24-36(60)43(66)55-40(30(5)6)45(68)58-49(8,9)47(70)54-35(21-22-38(52)63)42(65)57-50(10,11)48(71)56-41(31(7)13-2)44(67)53-32(26-51)23-29(3)4/h29-37,40-41,61-62H,12-28,51H2,1-11H3,(H2,52,63)(H,53,67)(H,54,70)(H,55,66)(H,56,71)(H,57,65)(H,58,68)/t31-,32?,33-,34-,35-,36-,37-,40-,41-/m0/s1. The van der Waals surface area contributed by atoms with Crippen LogP contribution in [-0.4, -0.2) is 152 Å². The van der Waals surface area contributed by atoms with Crippen LogP contribution in [0.5, 0.6) is 0 Å². The summed E-state index contributed by atoms with van der Waals surface area (Å²) in [6, 6.07) is -6.23. The van der Waals surface area contributed by atoms with E-state index in [1.807, 2.05) is 20.8 Å². The van der Waals surface area contributed by atoms with Crippen molar-refractivity contribution < 1.29 is 53.4 Å². The van der Waals surface area contributed by atoms with Crippen molar-refractivity contribution in [1.29, 1.82) is 0 Å². The van der Waals surface area contributed by atoms with Crippen LogP contribution in [0.25, 0.3) is 0 Å². The molecule has 2 heterocycles. The number of aliphatic hydroxyl groups is 2. The summed E-state index contributed by atoms with van der Waals surface area (Å²) < 4.78 is 0. The number of rotatable bonds is 30. The van der Waals surface area contributed by atoms with E-state index < -0.39 is 107 Å². The molecule has 406 valence electrons. The van der Waals surface area contributed by atoms with Crippen LogP contribution in [0, 0.1) is 17.8 Å². The Bertz CT molecular complexity index is 1830. The molecule has 0 aromatic carbocycles. The van der Waals surface area contributed by atoms with E-state index in [1.165, 1.54) is 37.5 Å². The molecule has 21 nitrogen and oxygen atoms in total. The second-order valence-corrected chi connectivity index (χ2v) is 21.6. The predicted octanol–water partition coefficient (Wildman–Crippen LogP) is 0.752. The van der Waals surface area contributed by atoms with Crippen molar-refractivity contribution in [3.63, 3.8) is 0 Å². The van der Waals surface area contributed by atoms with Gasteiger partial charge in [0.1, 0.15) is 41.3 Å². The Hall–Kier alpha value is -4.89. The first kappa shape index (κ1) is 62.2. The third kappa shape index (κ3) is 19.6. The van der Waals surface area contributed by atoms with E-state index in [0.717, 1.165) is 38.5 Å². The second kappa shape index (κ2) is 29.0. The van der Waals surface area contributed by atoms with Crippen molar-refractivity contribution in [2.45, 2.75) is 226 Å². The van der Waals surface area contributed by atoms with Gasteiger partial charge < -0.3 is 63.4 Å². The van der Waals surface area contributed by atoms with Gasteiger partial charge in [0, 0.05) is 51.4 Å². The molecular formula is C50H90N10O11. The van der Waals surface area contributed by atoms with Crippen molar-refractivity contribution in [2.75, 3.05) is 19.6 Å². The van der Waals surface area contributed by atoms with Gasteiger partial charge in [0.25, 0.3) is 0 Å². The Morgan fingerprint density at radius 1 is 0.648 bits per heavy atom. The minimum Gasteiger partial charge on any atom is -0.391 e. The summed E-state index contributed by atoms with van der Waals surface area (Å²) in [5.74, 6) is -6.62. The highest BCUT2D eigenvalue weighted by Crippen LogP contribution is 2.27. The van der Waals surface area contributed by atoms with Crippen molar-refractivity contribution in [2.24, 2.45) is 29.2 Å². The summed E-state index contributed by atoms with van der Waals surface area (Å²) in [5.41, 5.74) is 7.94. The number of nitrogens with one attached hydrogen (secondary N) is 6. The number of β-amino-alcohol motifs (C(OH)–C–C–N with tert-alkyl or cyclic N) is 2. The number of carbonyl (C=O) groups excluding carboxylic acids is 9. The average molecular weight is 1010 g/mol. The van der Waals surface area contributed by atoms with Crippen LogP contribution in [0.3, 0.4) is 0 Å². The van der Waals surface area contributed by atoms with Crippen LogP contribution >= 0.6 is 0 Å². The van der Waals surface area contributed by atoms with Crippen molar-refractivity contribution in [3.05, 3.63) is 0 Å². The zero-order chi connectivity index (χ0) is 54.0. The lowest BCUT2D eigenvalue weighted by atomic mass is 9.95. The summed E-state index contributed by atoms with van der Waals surface area (Å²) in [6.45, 7) is 18.7. The molecule has 9 atom stereocenters. The number of aliphatic hydroxyl groups excluding tert-OH is 2. The topological polar surface area (TPSA) is 325 Å². The van der Waals surface area contributed by atoms with E-state index in [0.29, 0.717) is 19.3 Å². The molecule has 0 aliphatic carbocycles.